The number of carbonyl (C=O) groups excluding carboxylic acids is 2. The van der Waals surface area contributed by atoms with E-state index in [0.717, 1.165) is 51.3 Å². The number of amides is 2. The fourth-order valence-electron chi connectivity index (χ4n) is 4.29. The van der Waals surface area contributed by atoms with Gasteiger partial charge in [-0.2, -0.15) is 5.10 Å². The van der Waals surface area contributed by atoms with Crippen molar-refractivity contribution in [2.75, 3.05) is 52.5 Å². The predicted octanol–water partition coefficient (Wildman–Crippen LogP) is 0.823. The van der Waals surface area contributed by atoms with Crippen LogP contribution >= 0.6 is 0 Å². The Morgan fingerprint density at radius 3 is 2.60 bits per heavy atom. The van der Waals surface area contributed by atoms with Gasteiger partial charge in [-0.3, -0.25) is 14.5 Å². The van der Waals surface area contributed by atoms with Crippen LogP contribution in [0, 0.1) is 6.92 Å². The van der Waals surface area contributed by atoms with E-state index in [9.17, 15) is 9.59 Å². The molecule has 0 bridgehead atoms. The predicted molar refractivity (Wildman–Crippen MR) is 111 cm³/mol. The van der Waals surface area contributed by atoms with Gasteiger partial charge in [-0.25, -0.2) is 9.50 Å². The molecule has 0 atom stereocenters. The lowest BCUT2D eigenvalue weighted by atomic mass is 10.0. The molecule has 4 rings (SSSR count). The number of aromatic nitrogens is 3. The van der Waals surface area contributed by atoms with E-state index in [4.69, 9.17) is 4.74 Å². The molecule has 2 aromatic rings. The number of piperidine rings is 1. The summed E-state index contributed by atoms with van der Waals surface area (Å²) in [6.07, 6.45) is 6.84. The summed E-state index contributed by atoms with van der Waals surface area (Å²) in [7, 11) is 0. The van der Waals surface area contributed by atoms with E-state index < -0.39 is 0 Å². The molecule has 0 N–H and O–H groups in total. The molecule has 30 heavy (non-hydrogen) atoms. The average Bonchev–Trinajstić information content (AvgIpc) is 3.18. The molecular formula is C21H30N6O3. The number of fused-ring (bicyclic) bond motifs is 1. The molecular weight excluding hydrogens is 384 g/mol. The standard InChI is InChI=1S/C21H30N6O3/c1-16-13-22-20-19(14-23-27(20)15-16)21(29)26(8-7-24-9-11-30-12-10-24)18-3-5-25(6-4-18)17(2)28/h13-15,18H,3-12H2,1-2H3. The number of hydrogen-bond donors (Lipinski definition) is 0. The lowest BCUT2D eigenvalue weighted by molar-refractivity contribution is -0.130. The van der Waals surface area contributed by atoms with Crippen LogP contribution in [0.15, 0.2) is 18.6 Å². The molecule has 9 nitrogen and oxygen atoms in total. The molecule has 2 aromatic heterocycles. The third kappa shape index (κ3) is 4.46. The smallest absolute Gasteiger partial charge is 0.259 e. The number of carbonyl (C=O) groups is 2. The van der Waals surface area contributed by atoms with Crippen LogP contribution in [0.5, 0.6) is 0 Å². The summed E-state index contributed by atoms with van der Waals surface area (Å²) in [6, 6.07) is 0.106. The van der Waals surface area contributed by atoms with Gasteiger partial charge in [0.25, 0.3) is 5.91 Å². The third-order valence-electron chi connectivity index (χ3n) is 6.09. The first-order chi connectivity index (χ1) is 14.5. The lowest BCUT2D eigenvalue weighted by Crippen LogP contribution is -2.51. The van der Waals surface area contributed by atoms with Gasteiger partial charge in [0.15, 0.2) is 5.65 Å². The molecule has 2 amide bonds. The Hall–Kier alpha value is -2.52. The fraction of sp³-hybridized carbons (Fsp3) is 0.619. The average molecular weight is 415 g/mol. The number of aryl methyl sites for hydroxylation is 1. The van der Waals surface area contributed by atoms with Crippen LogP contribution in [-0.4, -0.2) is 99.6 Å². The van der Waals surface area contributed by atoms with Crippen molar-refractivity contribution in [3.05, 3.63) is 29.7 Å². The molecule has 162 valence electrons. The molecule has 2 aliphatic heterocycles. The first kappa shape index (κ1) is 20.7. The summed E-state index contributed by atoms with van der Waals surface area (Å²) in [4.78, 5) is 35.9. The molecule has 2 aliphatic rings. The van der Waals surface area contributed by atoms with Gasteiger partial charge in [0.05, 0.1) is 19.4 Å². The second kappa shape index (κ2) is 9.09. The molecule has 0 spiro atoms. The monoisotopic (exact) mass is 414 g/mol. The van der Waals surface area contributed by atoms with Crippen molar-refractivity contribution in [2.45, 2.75) is 32.7 Å². The Labute approximate surface area is 176 Å². The minimum absolute atomic E-state index is 0.0316. The SMILES string of the molecule is CC(=O)N1CCC(N(CCN2CCOCC2)C(=O)c2cnn3cc(C)cnc23)CC1. The van der Waals surface area contributed by atoms with E-state index in [0.29, 0.717) is 30.8 Å². The largest absolute Gasteiger partial charge is 0.379 e. The van der Waals surface area contributed by atoms with Crippen molar-refractivity contribution < 1.29 is 14.3 Å². The van der Waals surface area contributed by atoms with Crippen molar-refractivity contribution in [1.29, 1.82) is 0 Å². The van der Waals surface area contributed by atoms with Gasteiger partial charge in [-0.05, 0) is 25.3 Å². The maximum atomic E-state index is 13.6. The van der Waals surface area contributed by atoms with Crippen molar-refractivity contribution in [2.24, 2.45) is 0 Å². The highest BCUT2D eigenvalue weighted by molar-refractivity contribution is 5.99. The summed E-state index contributed by atoms with van der Waals surface area (Å²) in [5.74, 6) is 0.0673. The molecule has 2 saturated heterocycles. The highest BCUT2D eigenvalue weighted by Gasteiger charge is 2.31. The van der Waals surface area contributed by atoms with E-state index in [1.165, 1.54) is 0 Å². The Kier molecular flexibility index (Phi) is 6.29. The highest BCUT2D eigenvalue weighted by atomic mass is 16.5. The normalized spacial score (nSPS) is 18.7. The summed E-state index contributed by atoms with van der Waals surface area (Å²) in [5.41, 5.74) is 2.11. The van der Waals surface area contributed by atoms with Gasteiger partial charge in [-0.1, -0.05) is 0 Å². The van der Waals surface area contributed by atoms with E-state index in [1.54, 1.807) is 23.8 Å². The zero-order valence-electron chi connectivity index (χ0n) is 17.8. The highest BCUT2D eigenvalue weighted by Crippen LogP contribution is 2.21. The minimum Gasteiger partial charge on any atom is -0.379 e. The molecule has 0 aromatic carbocycles. The summed E-state index contributed by atoms with van der Waals surface area (Å²) in [6.45, 7) is 9.65. The van der Waals surface area contributed by atoms with Crippen LogP contribution in [-0.2, 0) is 9.53 Å². The maximum absolute atomic E-state index is 13.6. The third-order valence-corrected chi connectivity index (χ3v) is 6.09. The Morgan fingerprint density at radius 2 is 1.90 bits per heavy atom. The summed E-state index contributed by atoms with van der Waals surface area (Å²) in [5, 5.41) is 4.34. The zero-order valence-corrected chi connectivity index (χ0v) is 17.8. The van der Waals surface area contributed by atoms with Gasteiger partial charge in [0.1, 0.15) is 5.56 Å². The first-order valence-corrected chi connectivity index (χ1v) is 10.7. The molecule has 0 saturated carbocycles. The van der Waals surface area contributed by atoms with Gasteiger partial charge in [0, 0.05) is 64.6 Å². The number of rotatable bonds is 5. The maximum Gasteiger partial charge on any atom is 0.259 e. The molecule has 9 heteroatoms. The van der Waals surface area contributed by atoms with Crippen LogP contribution in [0.4, 0.5) is 0 Å². The number of ether oxygens (including phenoxy) is 1. The summed E-state index contributed by atoms with van der Waals surface area (Å²) >= 11 is 0. The number of nitrogens with zero attached hydrogens (tertiary/aromatic N) is 6. The van der Waals surface area contributed by atoms with E-state index in [1.807, 2.05) is 22.9 Å². The second-order valence-electron chi connectivity index (χ2n) is 8.15. The van der Waals surface area contributed by atoms with Gasteiger partial charge < -0.3 is 14.5 Å². The van der Waals surface area contributed by atoms with Crippen LogP contribution in [0.1, 0.15) is 35.7 Å². The van der Waals surface area contributed by atoms with E-state index >= 15 is 0 Å². The number of morpholine rings is 1. The second-order valence-corrected chi connectivity index (χ2v) is 8.15. The van der Waals surface area contributed by atoms with E-state index in [-0.39, 0.29) is 17.9 Å². The van der Waals surface area contributed by atoms with Crippen molar-refractivity contribution in [3.8, 4) is 0 Å². The molecule has 4 heterocycles. The lowest BCUT2D eigenvalue weighted by Gasteiger charge is -2.39. The van der Waals surface area contributed by atoms with Crippen LogP contribution in [0.25, 0.3) is 5.65 Å². The van der Waals surface area contributed by atoms with Gasteiger partial charge in [-0.15, -0.1) is 0 Å². The van der Waals surface area contributed by atoms with Crippen molar-refractivity contribution in [3.63, 3.8) is 0 Å². The Morgan fingerprint density at radius 1 is 1.17 bits per heavy atom. The van der Waals surface area contributed by atoms with Gasteiger partial charge >= 0.3 is 0 Å². The number of hydrogen-bond acceptors (Lipinski definition) is 6. The quantitative estimate of drug-likeness (QED) is 0.721. The molecule has 0 unspecified atom stereocenters. The van der Waals surface area contributed by atoms with Crippen LogP contribution in [0.3, 0.4) is 0 Å². The summed E-state index contributed by atoms with van der Waals surface area (Å²) < 4.78 is 7.11. The zero-order chi connectivity index (χ0) is 21.1. The van der Waals surface area contributed by atoms with Crippen molar-refractivity contribution in [1.82, 2.24) is 29.3 Å². The van der Waals surface area contributed by atoms with E-state index in [2.05, 4.69) is 15.0 Å². The first-order valence-electron chi connectivity index (χ1n) is 10.7. The molecule has 2 fully saturated rings. The Bertz CT molecular complexity index is 899. The van der Waals surface area contributed by atoms with Crippen molar-refractivity contribution >= 4 is 17.5 Å². The number of likely N-dealkylation sites (tertiary alicyclic amines) is 1. The Balaban J connectivity index is 1.53. The molecule has 0 aliphatic carbocycles. The van der Waals surface area contributed by atoms with Gasteiger partial charge in [0.2, 0.25) is 5.91 Å². The minimum atomic E-state index is -0.0316. The topological polar surface area (TPSA) is 83.3 Å². The molecule has 0 radical (unpaired) electrons. The van der Waals surface area contributed by atoms with Crippen LogP contribution in [0.2, 0.25) is 0 Å². The van der Waals surface area contributed by atoms with Crippen LogP contribution < -0.4 is 0 Å². The fourth-order valence-corrected chi connectivity index (χ4v) is 4.29.